The number of nitro benzene ring substituents is 2. The highest BCUT2D eigenvalue weighted by Crippen LogP contribution is 2.33. The number of nitro groups is 2. The third kappa shape index (κ3) is 5.84. The van der Waals surface area contributed by atoms with Crippen LogP contribution in [0.25, 0.3) is 0 Å². The van der Waals surface area contributed by atoms with Crippen molar-refractivity contribution in [1.82, 2.24) is 19.4 Å². The molecule has 3 saturated heterocycles. The van der Waals surface area contributed by atoms with Gasteiger partial charge in [-0.3, -0.25) is 25.1 Å². The number of aromatic nitrogens is 2. The van der Waals surface area contributed by atoms with Crippen molar-refractivity contribution >= 4 is 33.0 Å². The van der Waals surface area contributed by atoms with E-state index in [1.165, 1.54) is 11.2 Å². The summed E-state index contributed by atoms with van der Waals surface area (Å²) in [5.41, 5.74) is -1.40. The van der Waals surface area contributed by atoms with Crippen LogP contribution in [0.2, 0.25) is 0 Å². The summed E-state index contributed by atoms with van der Waals surface area (Å²) in [7, 11) is -4.19. The maximum atomic E-state index is 13.2. The van der Waals surface area contributed by atoms with E-state index in [-0.39, 0.29) is 18.7 Å². The van der Waals surface area contributed by atoms with Crippen LogP contribution in [0.15, 0.2) is 29.2 Å². The molecule has 3 fully saturated rings. The molecule has 4 heterocycles. The van der Waals surface area contributed by atoms with Gasteiger partial charge in [0.05, 0.1) is 20.8 Å². The van der Waals surface area contributed by atoms with Gasteiger partial charge in [0.25, 0.3) is 11.4 Å². The average Bonchev–Trinajstić information content (AvgIpc) is 3.46. The maximum Gasteiger partial charge on any atom is 0.280 e. The molecule has 1 aromatic heterocycles. The second-order valence-corrected chi connectivity index (χ2v) is 12.1. The quantitative estimate of drug-likeness (QED) is 0.328. The van der Waals surface area contributed by atoms with Crippen molar-refractivity contribution in [3.8, 4) is 0 Å². The molecule has 0 aliphatic carbocycles. The number of rotatable bonds is 8. The Morgan fingerprint density at radius 3 is 1.88 bits per heavy atom. The van der Waals surface area contributed by atoms with Crippen molar-refractivity contribution in [2.24, 2.45) is 0 Å². The van der Waals surface area contributed by atoms with Crippen LogP contribution >= 0.6 is 0 Å². The van der Waals surface area contributed by atoms with Gasteiger partial charge in [0.15, 0.2) is 11.6 Å². The number of anilines is 2. The number of nitrogens with zero attached hydrogens (tertiary/aromatic N) is 8. The molecular weight excluding hydrogens is 544 g/mol. The summed E-state index contributed by atoms with van der Waals surface area (Å²) in [6, 6.07) is 5.57. The van der Waals surface area contributed by atoms with Crippen LogP contribution in [0.5, 0.6) is 0 Å². The minimum Gasteiger partial charge on any atom is -0.377 e. The first kappa shape index (κ1) is 28.1. The molecule has 0 saturated carbocycles. The highest BCUT2D eigenvalue weighted by Gasteiger charge is 2.34. The van der Waals surface area contributed by atoms with E-state index in [1.54, 1.807) is 0 Å². The molecule has 216 valence electrons. The number of sulfonamides is 1. The van der Waals surface area contributed by atoms with E-state index in [9.17, 15) is 28.6 Å². The van der Waals surface area contributed by atoms with Gasteiger partial charge < -0.3 is 14.5 Å². The first-order chi connectivity index (χ1) is 19.1. The first-order valence-electron chi connectivity index (χ1n) is 13.2. The molecule has 0 amide bonds. The van der Waals surface area contributed by atoms with Gasteiger partial charge in [0.1, 0.15) is 5.56 Å². The van der Waals surface area contributed by atoms with Crippen LogP contribution in [-0.2, 0) is 14.8 Å². The zero-order valence-corrected chi connectivity index (χ0v) is 23.0. The van der Waals surface area contributed by atoms with Gasteiger partial charge in [0, 0.05) is 77.6 Å². The monoisotopic (exact) mass is 576 g/mol. The van der Waals surface area contributed by atoms with Crippen LogP contribution in [0.3, 0.4) is 0 Å². The second kappa shape index (κ2) is 11.6. The summed E-state index contributed by atoms with van der Waals surface area (Å²) in [5, 5.41) is 31.6. The number of ether oxygens (including phenoxy) is 1. The molecule has 15 nitrogen and oxygen atoms in total. The van der Waals surface area contributed by atoms with E-state index in [0.29, 0.717) is 25.0 Å². The van der Waals surface area contributed by atoms with Gasteiger partial charge in [-0.15, -0.1) is 10.2 Å². The molecule has 40 heavy (non-hydrogen) atoms. The number of hydrogen-bond acceptors (Lipinski definition) is 12. The molecule has 0 N–H and O–H groups in total. The third-order valence-corrected chi connectivity index (χ3v) is 9.62. The number of benzene rings is 1. The molecule has 2 aromatic rings. The van der Waals surface area contributed by atoms with Gasteiger partial charge >= 0.3 is 0 Å². The van der Waals surface area contributed by atoms with Crippen molar-refractivity contribution in [3.63, 3.8) is 0 Å². The number of piperazine rings is 2. The van der Waals surface area contributed by atoms with E-state index in [2.05, 4.69) is 20.0 Å². The summed E-state index contributed by atoms with van der Waals surface area (Å²) in [4.78, 5) is 27.3. The lowest BCUT2D eigenvalue weighted by Crippen LogP contribution is -2.49. The maximum absolute atomic E-state index is 13.2. The topological polar surface area (TPSA) is 168 Å². The van der Waals surface area contributed by atoms with Crippen LogP contribution in [0, 0.1) is 27.2 Å². The van der Waals surface area contributed by atoms with Crippen molar-refractivity contribution < 1.29 is 23.0 Å². The highest BCUT2D eigenvalue weighted by atomic mass is 32.2. The second-order valence-electron chi connectivity index (χ2n) is 10.2. The molecule has 0 radical (unpaired) electrons. The zero-order chi connectivity index (χ0) is 28.4. The predicted molar refractivity (Wildman–Crippen MR) is 145 cm³/mol. The van der Waals surface area contributed by atoms with Crippen LogP contribution in [-0.4, -0.2) is 109 Å². The lowest BCUT2D eigenvalue weighted by atomic mass is 10.1. The lowest BCUT2D eigenvalue weighted by Gasteiger charge is -2.36. The van der Waals surface area contributed by atoms with E-state index >= 15 is 0 Å². The van der Waals surface area contributed by atoms with Crippen molar-refractivity contribution in [2.75, 3.05) is 75.3 Å². The molecule has 0 bridgehead atoms. The summed E-state index contributed by atoms with van der Waals surface area (Å²) >= 11 is 0. The Bertz CT molecular complexity index is 1320. The summed E-state index contributed by atoms with van der Waals surface area (Å²) in [6.07, 6.45) is 2.61. The molecule has 0 spiro atoms. The largest absolute Gasteiger partial charge is 0.377 e. The van der Waals surface area contributed by atoms with Gasteiger partial charge in [-0.25, -0.2) is 8.42 Å². The minimum absolute atomic E-state index is 0.0912. The molecule has 1 aromatic carbocycles. The third-order valence-electron chi connectivity index (χ3n) is 7.74. The first-order valence-corrected chi connectivity index (χ1v) is 14.7. The molecule has 5 rings (SSSR count). The molecule has 1 unspecified atom stereocenters. The smallest absolute Gasteiger partial charge is 0.280 e. The fourth-order valence-electron chi connectivity index (χ4n) is 5.39. The molecule has 16 heteroatoms. The Labute approximate surface area is 231 Å². The normalized spacial score (nSPS) is 21.1. The zero-order valence-electron chi connectivity index (χ0n) is 22.2. The van der Waals surface area contributed by atoms with Gasteiger partial charge in [0.2, 0.25) is 10.0 Å². The lowest BCUT2D eigenvalue weighted by molar-refractivity contribution is -0.395. The molecular formula is C24H32N8O7S. The summed E-state index contributed by atoms with van der Waals surface area (Å²) in [6.45, 7) is 7.47. The summed E-state index contributed by atoms with van der Waals surface area (Å²) < 4.78 is 33.4. The van der Waals surface area contributed by atoms with Crippen molar-refractivity contribution in [2.45, 2.75) is 30.8 Å². The van der Waals surface area contributed by atoms with E-state index in [0.717, 1.165) is 70.1 Å². The van der Waals surface area contributed by atoms with Crippen LogP contribution < -0.4 is 9.80 Å². The Kier molecular flexibility index (Phi) is 8.11. The number of hydrogen-bond donors (Lipinski definition) is 0. The fraction of sp³-hybridized carbons (Fsp3) is 0.583. The predicted octanol–water partition coefficient (Wildman–Crippen LogP) is 1.41. The van der Waals surface area contributed by atoms with Gasteiger partial charge in [-0.05, 0) is 31.9 Å². The Morgan fingerprint density at radius 2 is 1.43 bits per heavy atom. The van der Waals surface area contributed by atoms with Gasteiger partial charge in [-0.2, -0.15) is 4.31 Å². The average molecular weight is 577 g/mol. The standard InChI is InChI=1S/C24H32N8O7S/c1-18-21(31(33)34)15-20(16-22(18)32(35)36)40(37,38)30-12-10-29(11-13-30)24-5-4-23(25-26-24)28-8-6-27(7-9-28)17-19-3-2-14-39-19/h4-5,15-16,19H,2-3,6-14,17H2,1H3. The van der Waals surface area contributed by atoms with Crippen LogP contribution in [0.1, 0.15) is 18.4 Å². The van der Waals surface area contributed by atoms with E-state index < -0.39 is 36.1 Å². The SMILES string of the molecule is Cc1c([N+](=O)[O-])cc(S(=O)(=O)N2CCN(c3ccc(N4CCN(CC5CCCO5)CC4)nn3)CC2)cc1[N+](=O)[O-]. The fourth-order valence-corrected chi connectivity index (χ4v) is 6.85. The molecule has 3 aliphatic rings. The van der Waals surface area contributed by atoms with E-state index in [1.807, 2.05) is 17.0 Å². The van der Waals surface area contributed by atoms with Crippen molar-refractivity contribution in [1.29, 1.82) is 0 Å². The Balaban J connectivity index is 1.19. The summed E-state index contributed by atoms with van der Waals surface area (Å²) in [5.74, 6) is 1.42. The Morgan fingerprint density at radius 1 is 0.900 bits per heavy atom. The van der Waals surface area contributed by atoms with Crippen molar-refractivity contribution in [3.05, 3.63) is 50.1 Å². The Hall–Kier alpha value is -3.47. The molecule has 1 atom stereocenters. The van der Waals surface area contributed by atoms with Crippen LogP contribution in [0.4, 0.5) is 23.0 Å². The molecule has 3 aliphatic heterocycles. The van der Waals surface area contributed by atoms with E-state index in [4.69, 9.17) is 4.74 Å². The highest BCUT2D eigenvalue weighted by molar-refractivity contribution is 7.89. The minimum atomic E-state index is -4.19. The van der Waals surface area contributed by atoms with Gasteiger partial charge in [-0.1, -0.05) is 0 Å².